The fourth-order valence-corrected chi connectivity index (χ4v) is 1.88. The van der Waals surface area contributed by atoms with Gasteiger partial charge in [0.2, 0.25) is 5.89 Å². The normalized spacial score (nSPS) is 11.3. The number of benzene rings is 1. The van der Waals surface area contributed by atoms with Gasteiger partial charge in [-0.2, -0.15) is 0 Å². The summed E-state index contributed by atoms with van der Waals surface area (Å²) >= 11 is 0. The molecular weight excluding hydrogens is 282 g/mol. The van der Waals surface area contributed by atoms with Gasteiger partial charge in [-0.25, -0.2) is 9.78 Å². The van der Waals surface area contributed by atoms with Gasteiger partial charge in [-0.1, -0.05) is 6.07 Å². The average molecular weight is 303 g/mol. The minimum Gasteiger partial charge on any atom is -0.444 e. The van der Waals surface area contributed by atoms with Crippen molar-refractivity contribution in [2.24, 2.45) is 0 Å². The van der Waals surface area contributed by atoms with E-state index in [2.05, 4.69) is 15.6 Å². The first-order valence-electron chi connectivity index (χ1n) is 7.04. The molecule has 6 nitrogen and oxygen atoms in total. The second kappa shape index (κ2) is 6.19. The molecule has 6 heteroatoms. The summed E-state index contributed by atoms with van der Waals surface area (Å²) in [6.45, 7) is 7.09. The Kier molecular flexibility index (Phi) is 4.51. The molecule has 22 heavy (non-hydrogen) atoms. The van der Waals surface area contributed by atoms with E-state index in [1.165, 1.54) is 0 Å². The number of hydrogen-bond acceptors (Lipinski definition) is 4. The van der Waals surface area contributed by atoms with Crippen LogP contribution in [0.1, 0.15) is 25.1 Å². The monoisotopic (exact) mass is 303 g/mol. The number of aliphatic hydroxyl groups excluding tert-OH is 1. The zero-order valence-corrected chi connectivity index (χ0v) is 13.2. The summed E-state index contributed by atoms with van der Waals surface area (Å²) in [5.41, 5.74) is 2.49. The molecule has 0 bridgehead atoms. The van der Waals surface area contributed by atoms with Crippen molar-refractivity contribution in [3.8, 4) is 11.5 Å². The van der Waals surface area contributed by atoms with Crippen LogP contribution in [0.15, 0.2) is 28.9 Å². The number of aliphatic hydroxyl groups is 1. The molecule has 1 aromatic heterocycles. The quantitative estimate of drug-likeness (QED) is 0.810. The molecule has 0 atom stereocenters. The number of anilines is 1. The van der Waals surface area contributed by atoms with Crippen molar-refractivity contribution < 1.29 is 14.3 Å². The Morgan fingerprint density at radius 1 is 1.36 bits per heavy atom. The lowest BCUT2D eigenvalue weighted by atomic mass is 10.1. The first-order chi connectivity index (χ1) is 10.3. The van der Waals surface area contributed by atoms with Crippen molar-refractivity contribution >= 4 is 11.7 Å². The van der Waals surface area contributed by atoms with Crippen LogP contribution in [0.3, 0.4) is 0 Å². The maximum Gasteiger partial charge on any atom is 0.319 e. The lowest BCUT2D eigenvalue weighted by molar-refractivity contribution is 0.187. The van der Waals surface area contributed by atoms with Gasteiger partial charge in [0.15, 0.2) is 0 Å². The highest BCUT2D eigenvalue weighted by Crippen LogP contribution is 2.25. The third-order valence-corrected chi connectivity index (χ3v) is 3.20. The first-order valence-corrected chi connectivity index (χ1v) is 7.04. The summed E-state index contributed by atoms with van der Waals surface area (Å²) in [5, 5.41) is 14.7. The zero-order valence-electron chi connectivity index (χ0n) is 13.2. The number of hydrogen-bond donors (Lipinski definition) is 3. The molecule has 1 heterocycles. The highest BCUT2D eigenvalue weighted by molar-refractivity contribution is 5.91. The lowest BCUT2D eigenvalue weighted by Gasteiger charge is -2.24. The summed E-state index contributed by atoms with van der Waals surface area (Å²) in [5.74, 6) is 0.511. The van der Waals surface area contributed by atoms with Crippen molar-refractivity contribution in [1.82, 2.24) is 10.3 Å². The predicted molar refractivity (Wildman–Crippen MR) is 84.7 cm³/mol. The Morgan fingerprint density at radius 2 is 2.09 bits per heavy atom. The molecule has 2 aromatic rings. The van der Waals surface area contributed by atoms with E-state index in [9.17, 15) is 9.90 Å². The summed E-state index contributed by atoms with van der Waals surface area (Å²) < 4.78 is 5.38. The van der Waals surface area contributed by atoms with Gasteiger partial charge in [0.05, 0.1) is 17.8 Å². The Balaban J connectivity index is 2.19. The predicted octanol–water partition coefficient (Wildman–Crippen LogP) is 2.85. The highest BCUT2D eigenvalue weighted by atomic mass is 16.3. The standard InChI is InChI=1S/C16H21N3O3/c1-10-5-6-12(14-17-11(2)8-22-14)7-13(10)18-15(21)19-16(3,4)9-20/h5-8,20H,9H2,1-4H3,(H2,18,19,21). The Bertz CT molecular complexity index is 677. The number of urea groups is 1. The molecule has 118 valence electrons. The van der Waals surface area contributed by atoms with Gasteiger partial charge < -0.3 is 20.2 Å². The summed E-state index contributed by atoms with van der Waals surface area (Å²) in [4.78, 5) is 16.3. The number of aryl methyl sites for hydroxylation is 2. The largest absolute Gasteiger partial charge is 0.444 e. The van der Waals surface area contributed by atoms with E-state index >= 15 is 0 Å². The fourth-order valence-electron chi connectivity index (χ4n) is 1.88. The maximum atomic E-state index is 12.0. The van der Waals surface area contributed by atoms with Crippen LogP contribution in [0, 0.1) is 13.8 Å². The van der Waals surface area contributed by atoms with Crippen LogP contribution >= 0.6 is 0 Å². The van der Waals surface area contributed by atoms with Crippen LogP contribution in [0.5, 0.6) is 0 Å². The maximum absolute atomic E-state index is 12.0. The second-order valence-electron chi connectivity index (χ2n) is 5.94. The molecule has 0 unspecified atom stereocenters. The third-order valence-electron chi connectivity index (χ3n) is 3.20. The smallest absolute Gasteiger partial charge is 0.319 e. The molecule has 0 aliphatic heterocycles. The van der Waals surface area contributed by atoms with Crippen molar-refractivity contribution in [2.75, 3.05) is 11.9 Å². The van der Waals surface area contributed by atoms with Crippen molar-refractivity contribution in [2.45, 2.75) is 33.2 Å². The Labute approximate surface area is 129 Å². The van der Waals surface area contributed by atoms with E-state index in [1.54, 1.807) is 20.1 Å². The van der Waals surface area contributed by atoms with E-state index in [0.717, 1.165) is 16.8 Å². The van der Waals surface area contributed by atoms with E-state index < -0.39 is 5.54 Å². The van der Waals surface area contributed by atoms with Crippen LogP contribution in [0.2, 0.25) is 0 Å². The van der Waals surface area contributed by atoms with Crippen LogP contribution < -0.4 is 10.6 Å². The van der Waals surface area contributed by atoms with E-state index in [-0.39, 0.29) is 12.6 Å². The fraction of sp³-hybridized carbons (Fsp3) is 0.375. The number of aromatic nitrogens is 1. The van der Waals surface area contributed by atoms with Gasteiger partial charge in [0, 0.05) is 11.3 Å². The number of rotatable bonds is 4. The molecule has 2 amide bonds. The lowest BCUT2D eigenvalue weighted by Crippen LogP contribution is -2.48. The van der Waals surface area contributed by atoms with Gasteiger partial charge in [-0.05, 0) is 45.4 Å². The van der Waals surface area contributed by atoms with Crippen LogP contribution in [0.4, 0.5) is 10.5 Å². The molecule has 0 fully saturated rings. The van der Waals surface area contributed by atoms with Gasteiger partial charge in [-0.3, -0.25) is 0 Å². The Morgan fingerprint density at radius 3 is 2.68 bits per heavy atom. The second-order valence-corrected chi connectivity index (χ2v) is 5.94. The zero-order chi connectivity index (χ0) is 16.3. The minimum atomic E-state index is -0.685. The number of nitrogens with one attached hydrogen (secondary N) is 2. The summed E-state index contributed by atoms with van der Waals surface area (Å²) in [6, 6.07) is 5.22. The molecule has 0 spiro atoms. The Hall–Kier alpha value is -2.34. The molecule has 2 rings (SSSR count). The molecule has 0 radical (unpaired) electrons. The number of carbonyl (C=O) groups excluding carboxylic acids is 1. The van der Waals surface area contributed by atoms with Gasteiger partial charge in [0.25, 0.3) is 0 Å². The van der Waals surface area contributed by atoms with Gasteiger partial charge in [0.1, 0.15) is 6.26 Å². The molecule has 0 aliphatic carbocycles. The van der Waals surface area contributed by atoms with E-state index in [0.29, 0.717) is 11.6 Å². The summed E-state index contributed by atoms with van der Waals surface area (Å²) in [6.07, 6.45) is 1.58. The molecule has 1 aromatic carbocycles. The van der Waals surface area contributed by atoms with E-state index in [1.807, 2.05) is 32.0 Å². The number of oxazole rings is 1. The minimum absolute atomic E-state index is 0.144. The number of carbonyl (C=O) groups is 1. The van der Waals surface area contributed by atoms with Crippen LogP contribution in [-0.2, 0) is 0 Å². The van der Waals surface area contributed by atoms with Gasteiger partial charge >= 0.3 is 6.03 Å². The van der Waals surface area contributed by atoms with Crippen molar-refractivity contribution in [3.05, 3.63) is 35.7 Å². The van der Waals surface area contributed by atoms with Crippen molar-refractivity contribution in [3.63, 3.8) is 0 Å². The number of nitrogens with zero attached hydrogens (tertiary/aromatic N) is 1. The molecule has 0 saturated heterocycles. The van der Waals surface area contributed by atoms with Crippen molar-refractivity contribution in [1.29, 1.82) is 0 Å². The molecule has 0 aliphatic rings. The van der Waals surface area contributed by atoms with Crippen LogP contribution in [0.25, 0.3) is 11.5 Å². The molecular formula is C16H21N3O3. The third kappa shape index (κ3) is 3.85. The van der Waals surface area contributed by atoms with Crippen LogP contribution in [-0.4, -0.2) is 28.3 Å². The molecule has 3 N–H and O–H groups in total. The topological polar surface area (TPSA) is 87.4 Å². The SMILES string of the molecule is Cc1coc(-c2ccc(C)c(NC(=O)NC(C)(C)CO)c2)n1. The summed E-state index contributed by atoms with van der Waals surface area (Å²) in [7, 11) is 0. The average Bonchev–Trinajstić information content (AvgIpc) is 2.87. The first kappa shape index (κ1) is 16.0. The van der Waals surface area contributed by atoms with Gasteiger partial charge in [-0.15, -0.1) is 0 Å². The van der Waals surface area contributed by atoms with E-state index in [4.69, 9.17) is 4.42 Å². The highest BCUT2D eigenvalue weighted by Gasteiger charge is 2.19. The molecule has 0 saturated carbocycles. The number of amides is 2.